The van der Waals surface area contributed by atoms with Crippen LogP contribution in [0.3, 0.4) is 0 Å². The van der Waals surface area contributed by atoms with Crippen molar-refractivity contribution >= 4 is 0 Å². The van der Waals surface area contributed by atoms with Crippen molar-refractivity contribution in [3.05, 3.63) is 0 Å². The fourth-order valence-corrected chi connectivity index (χ4v) is 2.19. The van der Waals surface area contributed by atoms with Crippen LogP contribution >= 0.6 is 0 Å². The van der Waals surface area contributed by atoms with Gasteiger partial charge in [0, 0.05) is 5.92 Å². The Hall–Kier alpha value is -0.780. The summed E-state index contributed by atoms with van der Waals surface area (Å²) in [7, 11) is 0. The van der Waals surface area contributed by atoms with Gasteiger partial charge in [-0.25, -0.2) is 13.5 Å². The highest BCUT2D eigenvalue weighted by molar-refractivity contribution is 4.86. The normalized spacial score (nSPS) is 22.2. The third-order valence-electron chi connectivity index (χ3n) is 3.32. The van der Waals surface area contributed by atoms with Crippen LogP contribution in [0.4, 0.5) is 43.9 Å². The second-order valence-electron chi connectivity index (χ2n) is 5.06. The molecule has 0 aromatic carbocycles. The predicted octanol–water partition coefficient (Wildman–Crippen LogP) is 4.89. The Morgan fingerprint density at radius 1 is 0.870 bits per heavy atom. The van der Waals surface area contributed by atoms with E-state index in [0.717, 1.165) is 0 Å². The van der Waals surface area contributed by atoms with Gasteiger partial charge in [-0.05, 0) is 12.8 Å². The summed E-state index contributed by atoms with van der Waals surface area (Å²) in [6.45, 7) is -2.67. The summed E-state index contributed by atoms with van der Waals surface area (Å²) < 4.78 is 132. The number of halogens is 10. The topological polar surface area (TPSA) is 18.5 Å². The molecule has 0 radical (unpaired) electrons. The van der Waals surface area contributed by atoms with Gasteiger partial charge in [0.25, 0.3) is 12.2 Å². The van der Waals surface area contributed by atoms with Crippen LogP contribution < -0.4 is 0 Å². The molecule has 2 atom stereocenters. The van der Waals surface area contributed by atoms with E-state index in [2.05, 4.69) is 9.47 Å². The summed E-state index contributed by atoms with van der Waals surface area (Å²) in [5, 5.41) is 0. The van der Waals surface area contributed by atoms with Gasteiger partial charge in [0.05, 0.1) is 0 Å². The maximum Gasteiger partial charge on any atom is 0.525 e. The monoisotopic (exact) mass is 366 g/mol. The summed E-state index contributed by atoms with van der Waals surface area (Å²) in [6, 6.07) is 0. The van der Waals surface area contributed by atoms with Crippen LogP contribution in [0, 0.1) is 5.92 Å². The van der Waals surface area contributed by atoms with Gasteiger partial charge in [0.1, 0.15) is 6.61 Å². The molecule has 1 aliphatic carbocycles. The zero-order valence-electron chi connectivity index (χ0n) is 11.3. The minimum atomic E-state index is -6.12. The van der Waals surface area contributed by atoms with E-state index in [1.165, 1.54) is 0 Å². The van der Waals surface area contributed by atoms with E-state index < -0.39 is 43.2 Å². The van der Waals surface area contributed by atoms with Gasteiger partial charge < -0.3 is 4.74 Å². The van der Waals surface area contributed by atoms with Crippen LogP contribution in [0.5, 0.6) is 0 Å². The molecule has 0 N–H and O–H groups in total. The van der Waals surface area contributed by atoms with Crippen molar-refractivity contribution in [3.63, 3.8) is 0 Å². The zero-order valence-corrected chi connectivity index (χ0v) is 11.3. The molecule has 0 bridgehead atoms. The molecule has 2 nitrogen and oxygen atoms in total. The smallest absolute Gasteiger partial charge is 0.337 e. The lowest BCUT2D eigenvalue weighted by molar-refractivity contribution is -0.434. The van der Waals surface area contributed by atoms with E-state index in [0.29, 0.717) is 0 Å². The highest BCUT2D eigenvalue weighted by atomic mass is 19.4. The van der Waals surface area contributed by atoms with Crippen molar-refractivity contribution in [3.8, 4) is 0 Å². The second-order valence-corrected chi connectivity index (χ2v) is 5.06. The van der Waals surface area contributed by atoms with Crippen molar-refractivity contribution in [2.24, 2.45) is 5.92 Å². The van der Waals surface area contributed by atoms with Crippen LogP contribution in [0.25, 0.3) is 0 Å². The first-order valence-electron chi connectivity index (χ1n) is 6.35. The van der Waals surface area contributed by atoms with E-state index in [9.17, 15) is 43.9 Å². The third kappa shape index (κ3) is 5.10. The molecule has 23 heavy (non-hydrogen) atoms. The molecule has 138 valence electrons. The Bertz CT molecular complexity index is 387. The number of rotatable bonds is 6. The summed E-state index contributed by atoms with van der Waals surface area (Å²) in [5.41, 5.74) is 0. The molecule has 1 aliphatic rings. The Labute approximate surface area is 123 Å². The summed E-state index contributed by atoms with van der Waals surface area (Å²) in [5.74, 6) is -11.4. The lowest BCUT2D eigenvalue weighted by Gasteiger charge is -2.34. The molecule has 12 heteroatoms. The molecule has 0 aromatic heterocycles. The standard InChI is InChI=1S/C11H12F10O2/c12-7(22-5-8(13,14)10(16,17)18)9(15,23-11(19,20)21)6-3-1-2-4-6/h6-7H,1-5H2. The molecular weight excluding hydrogens is 354 g/mol. The molecule has 1 fully saturated rings. The van der Waals surface area contributed by atoms with E-state index in [1.807, 2.05) is 0 Å². The molecule has 0 aliphatic heterocycles. The highest BCUT2D eigenvalue weighted by Gasteiger charge is 2.61. The number of ether oxygens (including phenoxy) is 2. The Morgan fingerprint density at radius 3 is 1.74 bits per heavy atom. The molecule has 0 aromatic rings. The fraction of sp³-hybridized carbons (Fsp3) is 1.00. The van der Waals surface area contributed by atoms with Gasteiger partial charge in [-0.3, -0.25) is 0 Å². The highest BCUT2D eigenvalue weighted by Crippen LogP contribution is 2.45. The van der Waals surface area contributed by atoms with Crippen LogP contribution in [0.15, 0.2) is 0 Å². The first-order valence-corrected chi connectivity index (χ1v) is 6.35. The summed E-state index contributed by atoms with van der Waals surface area (Å²) in [6.07, 6.45) is -15.6. The maximum atomic E-state index is 14.3. The van der Waals surface area contributed by atoms with Gasteiger partial charge in [-0.15, -0.1) is 13.2 Å². The molecule has 0 spiro atoms. The van der Waals surface area contributed by atoms with Crippen LogP contribution in [-0.2, 0) is 9.47 Å². The average molecular weight is 366 g/mol. The van der Waals surface area contributed by atoms with Gasteiger partial charge in [-0.1, -0.05) is 12.8 Å². The van der Waals surface area contributed by atoms with Crippen molar-refractivity contribution in [1.29, 1.82) is 0 Å². The van der Waals surface area contributed by atoms with E-state index in [4.69, 9.17) is 0 Å². The molecular formula is C11H12F10O2. The lowest BCUT2D eigenvalue weighted by atomic mass is 9.98. The number of hydrogen-bond donors (Lipinski definition) is 0. The lowest BCUT2D eigenvalue weighted by Crippen LogP contribution is -2.51. The van der Waals surface area contributed by atoms with E-state index in [-0.39, 0.29) is 25.7 Å². The largest absolute Gasteiger partial charge is 0.525 e. The molecule has 0 heterocycles. The van der Waals surface area contributed by atoms with Crippen molar-refractivity contribution < 1.29 is 53.4 Å². The first-order chi connectivity index (χ1) is 10.2. The van der Waals surface area contributed by atoms with E-state index in [1.54, 1.807) is 0 Å². The van der Waals surface area contributed by atoms with Gasteiger partial charge in [0.2, 0.25) is 0 Å². The Balaban J connectivity index is 2.86. The second kappa shape index (κ2) is 6.61. The number of alkyl halides is 10. The summed E-state index contributed by atoms with van der Waals surface area (Å²) >= 11 is 0. The molecule has 0 amide bonds. The molecule has 2 unspecified atom stereocenters. The van der Waals surface area contributed by atoms with Gasteiger partial charge >= 0.3 is 18.5 Å². The van der Waals surface area contributed by atoms with Crippen LogP contribution in [0.2, 0.25) is 0 Å². The minimum Gasteiger partial charge on any atom is -0.337 e. The number of hydrogen-bond acceptors (Lipinski definition) is 2. The Kier molecular flexibility index (Phi) is 5.83. The van der Waals surface area contributed by atoms with Crippen molar-refractivity contribution in [1.82, 2.24) is 0 Å². The maximum absolute atomic E-state index is 14.3. The quantitative estimate of drug-likeness (QED) is 0.624. The molecule has 1 saturated carbocycles. The third-order valence-corrected chi connectivity index (χ3v) is 3.32. The van der Waals surface area contributed by atoms with Crippen molar-refractivity contribution in [2.45, 2.75) is 56.4 Å². The first kappa shape index (κ1) is 20.3. The average Bonchev–Trinajstić information content (AvgIpc) is 2.86. The SMILES string of the molecule is FC(OCC(F)(F)C(F)(F)F)C(F)(OC(F)(F)F)C1CCCC1. The molecule has 0 saturated heterocycles. The van der Waals surface area contributed by atoms with E-state index >= 15 is 0 Å². The predicted molar refractivity (Wildman–Crippen MR) is 54.8 cm³/mol. The summed E-state index contributed by atoms with van der Waals surface area (Å²) in [4.78, 5) is 0. The molecule has 1 rings (SSSR count). The zero-order chi connectivity index (χ0) is 18.1. The van der Waals surface area contributed by atoms with Gasteiger partial charge in [0.15, 0.2) is 0 Å². The van der Waals surface area contributed by atoms with Crippen LogP contribution in [0.1, 0.15) is 25.7 Å². The van der Waals surface area contributed by atoms with Crippen LogP contribution in [-0.4, -0.2) is 37.3 Å². The fourth-order valence-electron chi connectivity index (χ4n) is 2.19. The van der Waals surface area contributed by atoms with Crippen molar-refractivity contribution in [2.75, 3.05) is 6.61 Å². The Morgan fingerprint density at radius 2 is 1.35 bits per heavy atom. The van der Waals surface area contributed by atoms with Gasteiger partial charge in [-0.2, -0.15) is 22.0 Å². The minimum absolute atomic E-state index is 0.225.